The Morgan fingerprint density at radius 1 is 1.32 bits per heavy atom. The quantitative estimate of drug-likeness (QED) is 0.457. The Kier molecular flexibility index (Phi) is 4.97. The van der Waals surface area contributed by atoms with Gasteiger partial charge in [-0.3, -0.25) is 10.2 Å². The Bertz CT molecular complexity index is 581. The fourth-order valence-electron chi connectivity index (χ4n) is 1.80. The molecule has 0 saturated carbocycles. The number of rotatable bonds is 3. The van der Waals surface area contributed by atoms with Crippen molar-refractivity contribution in [2.75, 3.05) is 7.11 Å². The van der Waals surface area contributed by atoms with Crippen molar-refractivity contribution in [3.63, 3.8) is 0 Å². The van der Waals surface area contributed by atoms with Crippen LogP contribution in [0.15, 0.2) is 30.3 Å². The lowest BCUT2D eigenvalue weighted by molar-refractivity contribution is 0.0953. The molecule has 0 aliphatic rings. The molecule has 2 rings (SSSR count). The number of ether oxygens (including phenoxy) is 1. The van der Waals surface area contributed by atoms with Crippen LogP contribution in [0.4, 0.5) is 0 Å². The van der Waals surface area contributed by atoms with Gasteiger partial charge in [0.1, 0.15) is 5.75 Å². The Labute approximate surface area is 117 Å². The summed E-state index contributed by atoms with van der Waals surface area (Å²) in [6.45, 7) is 1.98. The number of carbonyl (C=O) groups excluding carboxylic acids is 1. The number of aromatic nitrogens is 1. The molecular weight excluding hydrogens is 266 g/mol. The first-order valence-electron chi connectivity index (χ1n) is 5.50. The molecule has 0 aliphatic heterocycles. The third-order valence-electron chi connectivity index (χ3n) is 2.72. The minimum absolute atomic E-state index is 0. The minimum atomic E-state index is -0.345. The molecule has 1 aromatic carbocycles. The summed E-state index contributed by atoms with van der Waals surface area (Å²) in [5.74, 6) is 5.38. The van der Waals surface area contributed by atoms with E-state index in [-0.39, 0.29) is 18.3 Å². The van der Waals surface area contributed by atoms with Gasteiger partial charge in [-0.1, -0.05) is 0 Å². The van der Waals surface area contributed by atoms with Gasteiger partial charge < -0.3 is 9.72 Å². The topological polar surface area (TPSA) is 80.1 Å². The maximum absolute atomic E-state index is 11.4. The predicted octanol–water partition coefficient (Wildman–Crippen LogP) is 2.02. The standard InChI is InChI=1S/C13H15N3O2.ClH/c1-8-3-6-11(15-8)10-5-4-9(13(17)16-14)7-12(10)18-2;/h3-7,15H,14H2,1-2H3,(H,16,17);1H. The van der Waals surface area contributed by atoms with Crippen molar-refractivity contribution in [3.8, 4) is 17.0 Å². The van der Waals surface area contributed by atoms with Gasteiger partial charge in [-0.05, 0) is 37.3 Å². The van der Waals surface area contributed by atoms with E-state index in [0.29, 0.717) is 11.3 Å². The summed E-state index contributed by atoms with van der Waals surface area (Å²) in [5, 5.41) is 0. The van der Waals surface area contributed by atoms with Crippen LogP contribution in [-0.4, -0.2) is 18.0 Å². The molecule has 2 aromatic rings. The van der Waals surface area contributed by atoms with E-state index in [2.05, 4.69) is 10.4 Å². The third kappa shape index (κ3) is 3.07. The van der Waals surface area contributed by atoms with Gasteiger partial charge in [-0.2, -0.15) is 0 Å². The number of aromatic amines is 1. The summed E-state index contributed by atoms with van der Waals surface area (Å²) in [7, 11) is 1.57. The van der Waals surface area contributed by atoms with E-state index in [0.717, 1.165) is 17.0 Å². The van der Waals surface area contributed by atoms with E-state index in [1.54, 1.807) is 19.2 Å². The highest BCUT2D eigenvalue weighted by atomic mass is 35.5. The number of H-pyrrole nitrogens is 1. The van der Waals surface area contributed by atoms with E-state index >= 15 is 0 Å². The Balaban J connectivity index is 0.00000180. The van der Waals surface area contributed by atoms with Crippen LogP contribution >= 0.6 is 12.4 Å². The van der Waals surface area contributed by atoms with Gasteiger partial charge in [-0.25, -0.2) is 5.84 Å². The van der Waals surface area contributed by atoms with Crippen molar-refractivity contribution in [2.24, 2.45) is 5.84 Å². The van der Waals surface area contributed by atoms with Gasteiger partial charge in [0.2, 0.25) is 0 Å². The van der Waals surface area contributed by atoms with E-state index in [9.17, 15) is 4.79 Å². The molecule has 0 aliphatic carbocycles. The lowest BCUT2D eigenvalue weighted by Crippen LogP contribution is -2.29. The molecule has 0 radical (unpaired) electrons. The first kappa shape index (κ1) is 15.1. The number of benzene rings is 1. The summed E-state index contributed by atoms with van der Waals surface area (Å²) in [5.41, 5.74) is 5.47. The number of hydrogen-bond acceptors (Lipinski definition) is 3. The lowest BCUT2D eigenvalue weighted by atomic mass is 10.1. The molecule has 4 N–H and O–H groups in total. The fraction of sp³-hybridized carbons (Fsp3) is 0.154. The number of amides is 1. The molecule has 102 valence electrons. The second-order valence-electron chi connectivity index (χ2n) is 3.94. The number of nitrogen functional groups attached to an aromatic ring is 1. The van der Waals surface area contributed by atoms with Crippen molar-refractivity contribution >= 4 is 18.3 Å². The van der Waals surface area contributed by atoms with Crippen LogP contribution in [0.25, 0.3) is 11.3 Å². The van der Waals surface area contributed by atoms with Crippen LogP contribution in [0.3, 0.4) is 0 Å². The SMILES string of the molecule is COc1cc(C(=O)NN)ccc1-c1ccc(C)[nH]1.Cl. The molecule has 0 saturated heterocycles. The van der Waals surface area contributed by atoms with Gasteiger partial charge in [0.15, 0.2) is 0 Å². The van der Waals surface area contributed by atoms with E-state index in [4.69, 9.17) is 10.6 Å². The van der Waals surface area contributed by atoms with Crippen molar-refractivity contribution < 1.29 is 9.53 Å². The molecule has 0 bridgehead atoms. The maximum Gasteiger partial charge on any atom is 0.265 e. The number of hydrogen-bond donors (Lipinski definition) is 3. The summed E-state index contributed by atoms with van der Waals surface area (Å²) in [6, 6.07) is 9.14. The van der Waals surface area contributed by atoms with Crippen LogP contribution < -0.4 is 16.0 Å². The van der Waals surface area contributed by atoms with E-state index in [1.165, 1.54) is 0 Å². The average molecular weight is 282 g/mol. The Morgan fingerprint density at radius 3 is 2.58 bits per heavy atom. The molecule has 0 fully saturated rings. The second kappa shape index (κ2) is 6.26. The number of carbonyl (C=O) groups is 1. The molecule has 0 atom stereocenters. The largest absolute Gasteiger partial charge is 0.496 e. The van der Waals surface area contributed by atoms with Gasteiger partial charge in [-0.15, -0.1) is 12.4 Å². The number of nitrogens with two attached hydrogens (primary N) is 1. The smallest absolute Gasteiger partial charge is 0.265 e. The Morgan fingerprint density at radius 2 is 2.05 bits per heavy atom. The van der Waals surface area contributed by atoms with Gasteiger partial charge in [0, 0.05) is 22.5 Å². The number of hydrazine groups is 1. The van der Waals surface area contributed by atoms with Gasteiger partial charge in [0.25, 0.3) is 5.91 Å². The van der Waals surface area contributed by atoms with Crippen LogP contribution in [0.2, 0.25) is 0 Å². The highest BCUT2D eigenvalue weighted by Gasteiger charge is 2.11. The molecule has 1 heterocycles. The van der Waals surface area contributed by atoms with Gasteiger partial charge >= 0.3 is 0 Å². The summed E-state index contributed by atoms with van der Waals surface area (Å²) in [6.07, 6.45) is 0. The molecule has 6 heteroatoms. The van der Waals surface area contributed by atoms with Gasteiger partial charge in [0.05, 0.1) is 7.11 Å². The lowest BCUT2D eigenvalue weighted by Gasteiger charge is -2.09. The molecular formula is C13H16ClN3O2. The highest BCUT2D eigenvalue weighted by Crippen LogP contribution is 2.30. The number of methoxy groups -OCH3 is 1. The first-order chi connectivity index (χ1) is 8.65. The molecule has 5 nitrogen and oxygen atoms in total. The van der Waals surface area contributed by atoms with Crippen LogP contribution in [-0.2, 0) is 0 Å². The molecule has 0 unspecified atom stereocenters. The minimum Gasteiger partial charge on any atom is -0.496 e. The maximum atomic E-state index is 11.4. The Hall–Kier alpha value is -1.98. The number of halogens is 1. The third-order valence-corrected chi connectivity index (χ3v) is 2.72. The van der Waals surface area contributed by atoms with Crippen molar-refractivity contribution in [1.82, 2.24) is 10.4 Å². The molecule has 19 heavy (non-hydrogen) atoms. The summed E-state index contributed by atoms with van der Waals surface area (Å²) in [4.78, 5) is 14.7. The molecule has 1 amide bonds. The van der Waals surface area contributed by atoms with Crippen molar-refractivity contribution in [3.05, 3.63) is 41.6 Å². The second-order valence-corrected chi connectivity index (χ2v) is 3.94. The molecule has 1 aromatic heterocycles. The zero-order valence-electron chi connectivity index (χ0n) is 10.7. The normalized spacial score (nSPS) is 9.63. The zero-order chi connectivity index (χ0) is 13.1. The van der Waals surface area contributed by atoms with E-state index in [1.807, 2.05) is 25.1 Å². The zero-order valence-corrected chi connectivity index (χ0v) is 11.5. The van der Waals surface area contributed by atoms with E-state index < -0.39 is 0 Å². The summed E-state index contributed by atoms with van der Waals surface area (Å²) >= 11 is 0. The fourth-order valence-corrected chi connectivity index (χ4v) is 1.80. The van der Waals surface area contributed by atoms with Crippen LogP contribution in [0, 0.1) is 6.92 Å². The number of aryl methyl sites for hydroxylation is 1. The monoisotopic (exact) mass is 281 g/mol. The van der Waals surface area contributed by atoms with Crippen LogP contribution in [0.1, 0.15) is 16.1 Å². The van der Waals surface area contributed by atoms with Crippen molar-refractivity contribution in [1.29, 1.82) is 0 Å². The predicted molar refractivity (Wildman–Crippen MR) is 76.4 cm³/mol. The average Bonchev–Trinajstić information content (AvgIpc) is 2.83. The first-order valence-corrected chi connectivity index (χ1v) is 5.50. The van der Waals surface area contributed by atoms with Crippen molar-refractivity contribution in [2.45, 2.75) is 6.92 Å². The molecule has 0 spiro atoms. The summed E-state index contributed by atoms with van der Waals surface area (Å²) < 4.78 is 5.30. The van der Waals surface area contributed by atoms with Crippen LogP contribution in [0.5, 0.6) is 5.75 Å². The highest BCUT2D eigenvalue weighted by molar-refractivity contribution is 5.95. The number of nitrogens with one attached hydrogen (secondary N) is 2.